The third-order valence-corrected chi connectivity index (χ3v) is 1.63. The van der Waals surface area contributed by atoms with Gasteiger partial charge in [0, 0.05) is 5.69 Å². The van der Waals surface area contributed by atoms with Gasteiger partial charge in [-0.3, -0.25) is 5.32 Å². The minimum atomic E-state index is -0.805. The Bertz CT molecular complexity index is 302. The van der Waals surface area contributed by atoms with Gasteiger partial charge in [-0.05, 0) is 17.7 Å². The molecule has 0 heterocycles. The summed E-state index contributed by atoms with van der Waals surface area (Å²) < 4.78 is 0. The lowest BCUT2D eigenvalue weighted by Gasteiger charge is -2.10. The Hall–Kier alpha value is -1.57. The summed E-state index contributed by atoms with van der Waals surface area (Å²) in [6, 6.07) is 8.71. The zero-order chi connectivity index (χ0) is 9.68. The van der Waals surface area contributed by atoms with Crippen LogP contribution < -0.4 is 11.1 Å². The van der Waals surface area contributed by atoms with Crippen LogP contribution in [0.2, 0.25) is 0 Å². The molecule has 4 nitrogen and oxygen atoms in total. The van der Waals surface area contributed by atoms with Crippen LogP contribution in [0.25, 0.3) is 0 Å². The van der Waals surface area contributed by atoms with Crippen LogP contribution in [-0.2, 0) is 0 Å². The topological polar surface area (TPSA) is 82.1 Å². The number of aliphatic hydroxyl groups is 1. The summed E-state index contributed by atoms with van der Waals surface area (Å²) >= 11 is 0. The Balaban J connectivity index is 2.62. The molecule has 1 unspecified atom stereocenters. The highest BCUT2D eigenvalue weighted by Crippen LogP contribution is 2.11. The number of nitrogens with zero attached hydrogens (tertiary/aromatic N) is 1. The zero-order valence-corrected chi connectivity index (χ0v) is 7.07. The van der Waals surface area contributed by atoms with Crippen LogP contribution in [0.1, 0.15) is 11.8 Å². The molecule has 0 aliphatic carbocycles. The maximum Gasteiger partial charge on any atom is 0.131 e. The van der Waals surface area contributed by atoms with E-state index in [1.807, 2.05) is 6.07 Å². The van der Waals surface area contributed by atoms with Crippen LogP contribution in [0.3, 0.4) is 0 Å². The number of aliphatic hydroxyl groups excluding tert-OH is 1. The van der Waals surface area contributed by atoms with E-state index in [0.29, 0.717) is 11.3 Å². The molecule has 1 atom stereocenters. The van der Waals surface area contributed by atoms with E-state index in [4.69, 9.17) is 11.0 Å². The lowest BCUT2D eigenvalue weighted by Crippen LogP contribution is -2.20. The molecule has 68 valence electrons. The summed E-state index contributed by atoms with van der Waals surface area (Å²) in [5, 5.41) is 20.3. The van der Waals surface area contributed by atoms with Crippen molar-refractivity contribution in [1.29, 1.82) is 5.26 Å². The molecule has 0 fully saturated rings. The molecule has 0 saturated heterocycles. The fourth-order valence-corrected chi connectivity index (χ4v) is 0.938. The van der Waals surface area contributed by atoms with Crippen molar-refractivity contribution >= 4 is 5.69 Å². The highest BCUT2D eigenvalue weighted by atomic mass is 16.3. The van der Waals surface area contributed by atoms with Gasteiger partial charge in [0.25, 0.3) is 0 Å². The second kappa shape index (κ2) is 4.45. The van der Waals surface area contributed by atoms with Crippen molar-refractivity contribution in [3.05, 3.63) is 29.8 Å². The SMILES string of the molecule is N#CCNC(O)c1ccc(N)cc1. The minimum Gasteiger partial charge on any atom is -0.399 e. The molecule has 0 amide bonds. The maximum atomic E-state index is 9.44. The van der Waals surface area contributed by atoms with Gasteiger partial charge in [-0.25, -0.2) is 0 Å². The van der Waals surface area contributed by atoms with Crippen molar-refractivity contribution < 1.29 is 5.11 Å². The van der Waals surface area contributed by atoms with Gasteiger partial charge >= 0.3 is 0 Å². The van der Waals surface area contributed by atoms with E-state index >= 15 is 0 Å². The number of anilines is 1. The van der Waals surface area contributed by atoms with E-state index in [0.717, 1.165) is 0 Å². The molecule has 0 aliphatic heterocycles. The average Bonchev–Trinajstić information content (AvgIpc) is 2.15. The monoisotopic (exact) mass is 177 g/mol. The number of nitriles is 1. The van der Waals surface area contributed by atoms with Gasteiger partial charge in [0.2, 0.25) is 0 Å². The molecule has 4 N–H and O–H groups in total. The average molecular weight is 177 g/mol. The summed E-state index contributed by atoms with van der Waals surface area (Å²) in [7, 11) is 0. The third kappa shape index (κ3) is 2.75. The van der Waals surface area contributed by atoms with E-state index in [1.54, 1.807) is 24.3 Å². The summed E-state index contributed by atoms with van der Waals surface area (Å²) in [5.74, 6) is 0. The molecule has 13 heavy (non-hydrogen) atoms. The number of nitrogens with one attached hydrogen (secondary N) is 1. The van der Waals surface area contributed by atoms with Crippen LogP contribution >= 0.6 is 0 Å². The van der Waals surface area contributed by atoms with Crippen molar-refractivity contribution in [2.45, 2.75) is 6.23 Å². The molecule has 1 aromatic carbocycles. The second-order valence-corrected chi connectivity index (χ2v) is 2.61. The predicted octanol–water partition coefficient (Wildman–Crippen LogP) is 0.373. The molecular weight excluding hydrogens is 166 g/mol. The fraction of sp³-hybridized carbons (Fsp3) is 0.222. The first-order valence-electron chi connectivity index (χ1n) is 3.88. The van der Waals surface area contributed by atoms with Gasteiger partial charge in [0.1, 0.15) is 6.23 Å². The molecule has 4 heteroatoms. The largest absolute Gasteiger partial charge is 0.399 e. The lowest BCUT2D eigenvalue weighted by atomic mass is 10.2. The van der Waals surface area contributed by atoms with Gasteiger partial charge < -0.3 is 10.8 Å². The zero-order valence-electron chi connectivity index (χ0n) is 7.07. The standard InChI is InChI=1S/C9H11N3O/c10-5-6-12-9(13)7-1-3-8(11)4-2-7/h1-4,9,12-13H,6,11H2. The second-order valence-electron chi connectivity index (χ2n) is 2.61. The molecule has 0 aliphatic rings. The third-order valence-electron chi connectivity index (χ3n) is 1.63. The molecule has 0 aromatic heterocycles. The fourth-order valence-electron chi connectivity index (χ4n) is 0.938. The van der Waals surface area contributed by atoms with Crippen LogP contribution in [0, 0.1) is 11.3 Å². The van der Waals surface area contributed by atoms with Crippen molar-refractivity contribution in [2.75, 3.05) is 12.3 Å². The van der Waals surface area contributed by atoms with Crippen molar-refractivity contribution in [3.63, 3.8) is 0 Å². The van der Waals surface area contributed by atoms with Gasteiger partial charge in [0.15, 0.2) is 0 Å². The lowest BCUT2D eigenvalue weighted by molar-refractivity contribution is 0.144. The van der Waals surface area contributed by atoms with E-state index in [1.165, 1.54) is 0 Å². The van der Waals surface area contributed by atoms with E-state index < -0.39 is 6.23 Å². The first-order valence-corrected chi connectivity index (χ1v) is 3.88. The summed E-state index contributed by atoms with van der Waals surface area (Å²) in [5.41, 5.74) is 6.82. The number of rotatable bonds is 3. The van der Waals surface area contributed by atoms with Gasteiger partial charge in [-0.15, -0.1) is 0 Å². The van der Waals surface area contributed by atoms with E-state index in [-0.39, 0.29) is 6.54 Å². The number of hydrogen-bond acceptors (Lipinski definition) is 4. The molecule has 0 radical (unpaired) electrons. The Morgan fingerprint density at radius 1 is 1.46 bits per heavy atom. The summed E-state index contributed by atoms with van der Waals surface area (Å²) in [4.78, 5) is 0. The van der Waals surface area contributed by atoms with Crippen LogP contribution in [0.15, 0.2) is 24.3 Å². The number of nitrogen functional groups attached to an aromatic ring is 1. The van der Waals surface area contributed by atoms with Crippen molar-refractivity contribution in [3.8, 4) is 6.07 Å². The molecule has 1 rings (SSSR count). The smallest absolute Gasteiger partial charge is 0.131 e. The Morgan fingerprint density at radius 2 is 2.08 bits per heavy atom. The molecular formula is C9H11N3O. The van der Waals surface area contributed by atoms with Crippen LogP contribution in [-0.4, -0.2) is 11.7 Å². The highest BCUT2D eigenvalue weighted by molar-refractivity contribution is 5.39. The molecule has 0 bridgehead atoms. The van der Waals surface area contributed by atoms with Gasteiger partial charge in [0.05, 0.1) is 12.6 Å². The summed E-state index contributed by atoms with van der Waals surface area (Å²) in [6.45, 7) is 0.117. The first kappa shape index (κ1) is 9.52. The number of nitrogens with two attached hydrogens (primary N) is 1. The maximum absolute atomic E-state index is 9.44. The van der Waals surface area contributed by atoms with Crippen LogP contribution in [0.5, 0.6) is 0 Å². The number of hydrogen-bond donors (Lipinski definition) is 3. The highest BCUT2D eigenvalue weighted by Gasteiger charge is 2.04. The van der Waals surface area contributed by atoms with Gasteiger partial charge in [-0.1, -0.05) is 12.1 Å². The molecule has 1 aromatic rings. The Labute approximate surface area is 76.6 Å². The van der Waals surface area contributed by atoms with Crippen LogP contribution in [0.4, 0.5) is 5.69 Å². The van der Waals surface area contributed by atoms with Crippen molar-refractivity contribution in [1.82, 2.24) is 5.32 Å². The minimum absolute atomic E-state index is 0.117. The Morgan fingerprint density at radius 3 is 2.62 bits per heavy atom. The van der Waals surface area contributed by atoms with Crippen molar-refractivity contribution in [2.24, 2.45) is 0 Å². The normalized spacial score (nSPS) is 12.0. The van der Waals surface area contributed by atoms with E-state index in [2.05, 4.69) is 5.32 Å². The molecule has 0 saturated carbocycles. The van der Waals surface area contributed by atoms with E-state index in [9.17, 15) is 5.11 Å². The Kier molecular flexibility index (Phi) is 3.26. The predicted molar refractivity (Wildman–Crippen MR) is 49.4 cm³/mol. The number of benzene rings is 1. The summed E-state index contributed by atoms with van der Waals surface area (Å²) in [6.07, 6.45) is -0.805. The molecule has 0 spiro atoms. The van der Waals surface area contributed by atoms with Gasteiger partial charge in [-0.2, -0.15) is 5.26 Å². The first-order chi connectivity index (χ1) is 6.24. The quantitative estimate of drug-likeness (QED) is 0.354.